The van der Waals surface area contributed by atoms with Crippen molar-refractivity contribution in [3.05, 3.63) is 24.3 Å². The monoisotopic (exact) mass is 274 g/mol. The number of aliphatic hydroxyl groups excluding tert-OH is 1. The highest BCUT2D eigenvalue weighted by Gasteiger charge is 2.21. The zero-order valence-electron chi connectivity index (χ0n) is 12.2. The first-order chi connectivity index (χ1) is 9.83. The summed E-state index contributed by atoms with van der Waals surface area (Å²) in [5.74, 6) is 0. The highest BCUT2D eigenvalue weighted by molar-refractivity contribution is 5.55. The Balaban J connectivity index is 1.62. The van der Waals surface area contributed by atoms with Crippen molar-refractivity contribution in [3.8, 4) is 0 Å². The van der Waals surface area contributed by atoms with Gasteiger partial charge < -0.3 is 15.3 Å². The third-order valence-electron chi connectivity index (χ3n) is 4.67. The summed E-state index contributed by atoms with van der Waals surface area (Å²) in [7, 11) is 0. The molecular weight excluding hydrogens is 248 g/mol. The molecule has 2 unspecified atom stereocenters. The number of rotatable bonds is 3. The van der Waals surface area contributed by atoms with Crippen LogP contribution in [0.1, 0.15) is 44.9 Å². The van der Waals surface area contributed by atoms with Gasteiger partial charge in [-0.15, -0.1) is 0 Å². The minimum absolute atomic E-state index is 0.198. The lowest BCUT2D eigenvalue weighted by atomic mass is 10.1. The smallest absolute Gasteiger partial charge is 0.0741 e. The quantitative estimate of drug-likeness (QED) is 0.829. The van der Waals surface area contributed by atoms with Crippen molar-refractivity contribution < 1.29 is 5.11 Å². The van der Waals surface area contributed by atoms with Crippen molar-refractivity contribution in [2.75, 3.05) is 23.3 Å². The van der Waals surface area contributed by atoms with E-state index in [2.05, 4.69) is 34.5 Å². The molecule has 3 rings (SSSR count). The number of benzene rings is 1. The highest BCUT2D eigenvalue weighted by Crippen LogP contribution is 2.25. The molecule has 1 aliphatic heterocycles. The van der Waals surface area contributed by atoms with Crippen LogP contribution in [-0.4, -0.2) is 30.3 Å². The Hall–Kier alpha value is -1.22. The Labute approximate surface area is 122 Å². The second-order valence-corrected chi connectivity index (χ2v) is 6.20. The second kappa shape index (κ2) is 6.49. The summed E-state index contributed by atoms with van der Waals surface area (Å²) >= 11 is 0. The second-order valence-electron chi connectivity index (χ2n) is 6.20. The summed E-state index contributed by atoms with van der Waals surface area (Å²) in [5, 5.41) is 13.7. The van der Waals surface area contributed by atoms with Crippen LogP contribution in [0, 0.1) is 0 Å². The molecule has 1 saturated carbocycles. The van der Waals surface area contributed by atoms with E-state index in [0.717, 1.165) is 24.9 Å². The van der Waals surface area contributed by atoms with E-state index in [1.54, 1.807) is 0 Å². The molecule has 0 aromatic heterocycles. The fourth-order valence-corrected chi connectivity index (χ4v) is 3.41. The maximum atomic E-state index is 10.2. The summed E-state index contributed by atoms with van der Waals surface area (Å²) in [4.78, 5) is 2.45. The third kappa shape index (κ3) is 3.26. The van der Waals surface area contributed by atoms with Crippen LogP contribution < -0.4 is 10.2 Å². The van der Waals surface area contributed by atoms with E-state index in [0.29, 0.717) is 0 Å². The summed E-state index contributed by atoms with van der Waals surface area (Å²) in [6, 6.07) is 8.94. The molecule has 2 N–H and O–H groups in total. The molecular formula is C17H26N2O. The van der Waals surface area contributed by atoms with Crippen LogP contribution in [0.25, 0.3) is 0 Å². The van der Waals surface area contributed by atoms with Crippen LogP contribution >= 0.6 is 0 Å². The number of hydrogen-bond donors (Lipinski definition) is 2. The minimum Gasteiger partial charge on any atom is -0.391 e. The summed E-state index contributed by atoms with van der Waals surface area (Å²) in [6.45, 7) is 2.38. The predicted octanol–water partition coefficient (Wildman–Crippen LogP) is 3.39. The topological polar surface area (TPSA) is 35.5 Å². The average molecular weight is 274 g/mol. The molecule has 2 fully saturated rings. The molecule has 0 radical (unpaired) electrons. The third-order valence-corrected chi connectivity index (χ3v) is 4.67. The number of nitrogens with one attached hydrogen (secondary N) is 1. The Morgan fingerprint density at radius 1 is 0.900 bits per heavy atom. The van der Waals surface area contributed by atoms with E-state index in [1.165, 1.54) is 44.5 Å². The molecule has 110 valence electrons. The Morgan fingerprint density at radius 3 is 2.35 bits per heavy atom. The summed E-state index contributed by atoms with van der Waals surface area (Å²) < 4.78 is 0. The first-order valence-corrected chi connectivity index (χ1v) is 8.12. The van der Waals surface area contributed by atoms with Crippen molar-refractivity contribution in [2.45, 2.75) is 57.1 Å². The van der Waals surface area contributed by atoms with Gasteiger partial charge in [-0.3, -0.25) is 0 Å². The van der Waals surface area contributed by atoms with E-state index in [9.17, 15) is 5.11 Å². The standard InChI is InChI=1S/C17H26N2O/c20-17-7-3-1-2-6-16(17)18-14-8-10-15(11-9-14)19-12-4-5-13-19/h8-11,16-18,20H,1-7,12-13H2. The van der Waals surface area contributed by atoms with Gasteiger partial charge in [-0.25, -0.2) is 0 Å². The molecule has 3 nitrogen and oxygen atoms in total. The van der Waals surface area contributed by atoms with Crippen LogP contribution in [0.15, 0.2) is 24.3 Å². The molecule has 1 aromatic rings. The molecule has 1 aromatic carbocycles. The molecule has 0 bridgehead atoms. The Kier molecular flexibility index (Phi) is 4.46. The van der Waals surface area contributed by atoms with E-state index >= 15 is 0 Å². The van der Waals surface area contributed by atoms with Crippen molar-refractivity contribution in [1.82, 2.24) is 0 Å². The molecule has 1 aliphatic carbocycles. The Bertz CT molecular complexity index is 412. The van der Waals surface area contributed by atoms with Gasteiger partial charge in [0, 0.05) is 24.5 Å². The SMILES string of the molecule is OC1CCCCCC1Nc1ccc(N2CCCC2)cc1. The van der Waals surface area contributed by atoms with Crippen LogP contribution in [0.2, 0.25) is 0 Å². The van der Waals surface area contributed by atoms with Gasteiger partial charge in [-0.1, -0.05) is 19.3 Å². The summed E-state index contributed by atoms with van der Waals surface area (Å²) in [6.07, 6.45) is 8.08. The lowest BCUT2D eigenvalue weighted by Crippen LogP contribution is -2.32. The minimum atomic E-state index is -0.198. The van der Waals surface area contributed by atoms with Gasteiger partial charge in [-0.2, -0.15) is 0 Å². The molecule has 1 saturated heterocycles. The lowest BCUT2D eigenvalue weighted by molar-refractivity contribution is 0.144. The van der Waals surface area contributed by atoms with Gasteiger partial charge in [0.05, 0.1) is 12.1 Å². The van der Waals surface area contributed by atoms with Gasteiger partial charge in [0.2, 0.25) is 0 Å². The molecule has 0 amide bonds. The Morgan fingerprint density at radius 2 is 1.60 bits per heavy atom. The maximum Gasteiger partial charge on any atom is 0.0741 e. The van der Waals surface area contributed by atoms with Crippen molar-refractivity contribution in [1.29, 1.82) is 0 Å². The van der Waals surface area contributed by atoms with E-state index in [4.69, 9.17) is 0 Å². The summed E-state index contributed by atoms with van der Waals surface area (Å²) in [5.41, 5.74) is 2.47. The zero-order chi connectivity index (χ0) is 13.8. The fraction of sp³-hybridized carbons (Fsp3) is 0.647. The first kappa shape index (κ1) is 13.7. The van der Waals surface area contributed by atoms with Crippen LogP contribution in [0.4, 0.5) is 11.4 Å². The molecule has 2 aliphatic rings. The van der Waals surface area contributed by atoms with Crippen LogP contribution in [0.3, 0.4) is 0 Å². The van der Waals surface area contributed by atoms with Gasteiger partial charge >= 0.3 is 0 Å². The number of anilines is 2. The van der Waals surface area contributed by atoms with Crippen molar-refractivity contribution in [2.24, 2.45) is 0 Å². The molecule has 20 heavy (non-hydrogen) atoms. The van der Waals surface area contributed by atoms with Gasteiger partial charge in [0.25, 0.3) is 0 Å². The lowest BCUT2D eigenvalue weighted by Gasteiger charge is -2.24. The largest absolute Gasteiger partial charge is 0.391 e. The van der Waals surface area contributed by atoms with E-state index in [1.807, 2.05) is 0 Å². The van der Waals surface area contributed by atoms with Gasteiger partial charge in [0.15, 0.2) is 0 Å². The van der Waals surface area contributed by atoms with E-state index in [-0.39, 0.29) is 12.1 Å². The van der Waals surface area contributed by atoms with E-state index < -0.39 is 0 Å². The van der Waals surface area contributed by atoms with Crippen molar-refractivity contribution >= 4 is 11.4 Å². The molecule has 3 heteroatoms. The molecule has 0 spiro atoms. The number of nitrogens with zero attached hydrogens (tertiary/aromatic N) is 1. The van der Waals surface area contributed by atoms with Gasteiger partial charge in [-0.05, 0) is 49.9 Å². The van der Waals surface area contributed by atoms with Crippen LogP contribution in [-0.2, 0) is 0 Å². The zero-order valence-corrected chi connectivity index (χ0v) is 12.2. The normalized spacial score (nSPS) is 27.4. The van der Waals surface area contributed by atoms with Crippen molar-refractivity contribution in [3.63, 3.8) is 0 Å². The molecule has 2 atom stereocenters. The van der Waals surface area contributed by atoms with Gasteiger partial charge in [0.1, 0.15) is 0 Å². The fourth-order valence-electron chi connectivity index (χ4n) is 3.41. The average Bonchev–Trinajstić information content (AvgIpc) is 2.93. The first-order valence-electron chi connectivity index (χ1n) is 8.12. The predicted molar refractivity (Wildman–Crippen MR) is 84.4 cm³/mol. The van der Waals surface area contributed by atoms with Crippen LogP contribution in [0.5, 0.6) is 0 Å². The molecule has 1 heterocycles. The number of hydrogen-bond acceptors (Lipinski definition) is 3. The maximum absolute atomic E-state index is 10.2. The number of aliphatic hydroxyl groups is 1. The highest BCUT2D eigenvalue weighted by atomic mass is 16.3.